The molecule has 0 bridgehead atoms. The average Bonchev–Trinajstić information content (AvgIpc) is 3.05. The maximum absolute atomic E-state index is 13.0. The van der Waals surface area contributed by atoms with Crippen LogP contribution in [0.2, 0.25) is 0 Å². The lowest BCUT2D eigenvalue weighted by Crippen LogP contribution is -2.27. The summed E-state index contributed by atoms with van der Waals surface area (Å²) in [6, 6.07) is 17.1. The van der Waals surface area contributed by atoms with E-state index in [0.29, 0.717) is 25.5 Å². The molecule has 1 aliphatic rings. The zero-order chi connectivity index (χ0) is 23.5. The number of carbonyl (C=O) groups excluding carboxylic acids is 2. The lowest BCUT2D eigenvalue weighted by molar-refractivity contribution is -0.139. The number of benzene rings is 3. The fraction of sp³-hybridized carbons (Fsp3) is 0.125. The van der Waals surface area contributed by atoms with Crippen LogP contribution in [0.15, 0.2) is 59.5 Å². The number of fused-ring (bicyclic) bond motifs is 1. The maximum atomic E-state index is 13.0. The minimum atomic E-state index is -1.10. The van der Waals surface area contributed by atoms with Crippen molar-refractivity contribution in [1.82, 2.24) is 4.90 Å². The fourth-order valence-corrected chi connectivity index (χ4v) is 5.02. The van der Waals surface area contributed by atoms with Crippen LogP contribution in [-0.4, -0.2) is 40.8 Å². The number of hydrogen-bond donors (Lipinski definition) is 1. The van der Waals surface area contributed by atoms with Gasteiger partial charge in [-0.25, -0.2) is 4.79 Å². The first-order valence-electron chi connectivity index (χ1n) is 9.81. The number of amides is 2. The van der Waals surface area contributed by atoms with Gasteiger partial charge >= 0.3 is 5.97 Å². The summed E-state index contributed by atoms with van der Waals surface area (Å²) in [5.41, 5.74) is 1.50. The lowest BCUT2D eigenvalue weighted by Gasteiger charge is -2.13. The Bertz CT molecular complexity index is 1310. The number of halogens is 1. The predicted octanol–water partition coefficient (Wildman–Crippen LogP) is 5.15. The zero-order valence-electron chi connectivity index (χ0n) is 17.4. The number of imide groups is 1. The van der Waals surface area contributed by atoms with E-state index in [1.54, 1.807) is 18.2 Å². The average molecular weight is 575 g/mol. The molecule has 33 heavy (non-hydrogen) atoms. The van der Waals surface area contributed by atoms with E-state index < -0.39 is 12.6 Å². The van der Waals surface area contributed by atoms with Gasteiger partial charge in [-0.2, -0.15) is 0 Å². The molecule has 3 aromatic carbocycles. The first-order chi connectivity index (χ1) is 15.9. The first kappa shape index (κ1) is 23.1. The molecule has 1 saturated heterocycles. The minimum absolute atomic E-state index is 0.190. The van der Waals surface area contributed by atoms with Gasteiger partial charge in [-0.1, -0.05) is 36.4 Å². The summed E-state index contributed by atoms with van der Waals surface area (Å²) in [5.74, 6) is -0.817. The summed E-state index contributed by atoms with van der Waals surface area (Å²) >= 11 is 2.89. The Kier molecular flexibility index (Phi) is 6.89. The number of hydrogen-bond acceptors (Lipinski definition) is 6. The molecule has 3 aromatic rings. The molecule has 1 N–H and O–H groups in total. The van der Waals surface area contributed by atoms with Gasteiger partial charge in [-0.3, -0.25) is 14.5 Å². The van der Waals surface area contributed by atoms with Crippen LogP contribution in [0.4, 0.5) is 4.79 Å². The van der Waals surface area contributed by atoms with Crippen LogP contribution >= 0.6 is 34.4 Å². The SMILES string of the molecule is COc1cc(/C=C2\SC(=O)N(Cc3ccc4ccccc4c3)C2=O)cc(I)c1OCC(=O)O. The molecule has 0 aromatic heterocycles. The molecule has 0 aliphatic carbocycles. The molecule has 1 heterocycles. The van der Waals surface area contributed by atoms with Crippen molar-refractivity contribution in [2.45, 2.75) is 6.54 Å². The Morgan fingerprint density at radius 1 is 1.12 bits per heavy atom. The molecule has 168 valence electrons. The summed E-state index contributed by atoms with van der Waals surface area (Å²) in [7, 11) is 1.44. The highest BCUT2D eigenvalue weighted by Crippen LogP contribution is 2.37. The lowest BCUT2D eigenvalue weighted by atomic mass is 10.1. The van der Waals surface area contributed by atoms with Gasteiger partial charge in [-0.05, 0) is 80.5 Å². The van der Waals surface area contributed by atoms with Crippen LogP contribution in [0.25, 0.3) is 16.8 Å². The van der Waals surface area contributed by atoms with Gasteiger partial charge in [0.25, 0.3) is 11.1 Å². The molecule has 7 nitrogen and oxygen atoms in total. The topological polar surface area (TPSA) is 93.1 Å². The highest BCUT2D eigenvalue weighted by Gasteiger charge is 2.35. The number of rotatable bonds is 7. The number of thioether (sulfide) groups is 1. The van der Waals surface area contributed by atoms with E-state index in [0.717, 1.165) is 28.1 Å². The molecule has 2 amide bonds. The van der Waals surface area contributed by atoms with Gasteiger partial charge in [0, 0.05) is 0 Å². The van der Waals surface area contributed by atoms with Gasteiger partial charge < -0.3 is 14.6 Å². The Labute approximate surface area is 207 Å². The quantitative estimate of drug-likeness (QED) is 0.308. The number of aliphatic carboxylic acids is 1. The van der Waals surface area contributed by atoms with E-state index in [1.165, 1.54) is 12.0 Å². The number of carboxylic acids is 1. The van der Waals surface area contributed by atoms with Crippen LogP contribution in [0.5, 0.6) is 11.5 Å². The Morgan fingerprint density at radius 2 is 1.88 bits per heavy atom. The second-order valence-corrected chi connectivity index (χ2v) is 9.32. The van der Waals surface area contributed by atoms with Crippen LogP contribution in [0, 0.1) is 3.57 Å². The number of ether oxygens (including phenoxy) is 2. The smallest absolute Gasteiger partial charge is 0.341 e. The number of carbonyl (C=O) groups is 3. The summed E-state index contributed by atoms with van der Waals surface area (Å²) in [6.07, 6.45) is 1.62. The van der Waals surface area contributed by atoms with E-state index in [1.807, 2.05) is 65.1 Å². The van der Waals surface area contributed by atoms with Crippen molar-refractivity contribution in [2.75, 3.05) is 13.7 Å². The predicted molar refractivity (Wildman–Crippen MR) is 134 cm³/mol. The second-order valence-electron chi connectivity index (χ2n) is 7.17. The van der Waals surface area contributed by atoms with Crippen LogP contribution in [0.1, 0.15) is 11.1 Å². The van der Waals surface area contributed by atoms with Crippen molar-refractivity contribution in [3.8, 4) is 11.5 Å². The van der Waals surface area contributed by atoms with Gasteiger partial charge in [0.15, 0.2) is 18.1 Å². The standard InChI is InChI=1S/C24H18INO6S/c1-31-19-10-15(9-18(25)22(19)32-13-21(27)28)11-20-23(29)26(24(30)33-20)12-14-6-7-16-4-2-3-5-17(16)8-14/h2-11H,12-13H2,1H3,(H,27,28)/b20-11-. The summed E-state index contributed by atoms with van der Waals surface area (Å²) in [6.45, 7) is -0.310. The molecular formula is C24H18INO6S. The summed E-state index contributed by atoms with van der Waals surface area (Å²) in [4.78, 5) is 37.9. The van der Waals surface area contributed by atoms with Gasteiger partial charge in [-0.15, -0.1) is 0 Å². The van der Waals surface area contributed by atoms with E-state index in [2.05, 4.69) is 0 Å². The van der Waals surface area contributed by atoms with Crippen LogP contribution in [-0.2, 0) is 16.1 Å². The Balaban J connectivity index is 1.56. The van der Waals surface area contributed by atoms with Crippen molar-refractivity contribution in [2.24, 2.45) is 0 Å². The normalized spacial score (nSPS) is 14.8. The number of nitrogens with zero attached hydrogens (tertiary/aromatic N) is 1. The fourth-order valence-electron chi connectivity index (χ4n) is 3.40. The van der Waals surface area contributed by atoms with Gasteiger partial charge in [0.2, 0.25) is 0 Å². The molecule has 0 unspecified atom stereocenters. The zero-order valence-corrected chi connectivity index (χ0v) is 20.4. The number of methoxy groups -OCH3 is 1. The molecule has 1 fully saturated rings. The Hall–Kier alpha value is -3.05. The molecule has 0 radical (unpaired) electrons. The van der Waals surface area contributed by atoms with Gasteiger partial charge in [0.1, 0.15) is 0 Å². The van der Waals surface area contributed by atoms with Crippen molar-refractivity contribution in [1.29, 1.82) is 0 Å². The van der Waals surface area contributed by atoms with E-state index >= 15 is 0 Å². The van der Waals surface area contributed by atoms with E-state index in [9.17, 15) is 14.4 Å². The Morgan fingerprint density at radius 3 is 2.61 bits per heavy atom. The minimum Gasteiger partial charge on any atom is -0.493 e. The third-order valence-electron chi connectivity index (χ3n) is 4.92. The third-order valence-corrected chi connectivity index (χ3v) is 6.63. The van der Waals surface area contributed by atoms with Crippen molar-refractivity contribution in [3.63, 3.8) is 0 Å². The highest BCUT2D eigenvalue weighted by molar-refractivity contribution is 14.1. The first-order valence-corrected chi connectivity index (χ1v) is 11.7. The molecule has 9 heteroatoms. The van der Waals surface area contributed by atoms with E-state index in [-0.39, 0.29) is 17.7 Å². The molecule has 4 rings (SSSR count). The third kappa shape index (κ3) is 5.14. The van der Waals surface area contributed by atoms with Crippen molar-refractivity contribution in [3.05, 3.63) is 74.2 Å². The number of carboxylic acid groups (broad SMARTS) is 1. The van der Waals surface area contributed by atoms with Gasteiger partial charge in [0.05, 0.1) is 22.1 Å². The monoisotopic (exact) mass is 575 g/mol. The summed E-state index contributed by atoms with van der Waals surface area (Å²) < 4.78 is 11.3. The second kappa shape index (κ2) is 9.84. The van der Waals surface area contributed by atoms with Crippen molar-refractivity contribution < 1.29 is 29.0 Å². The van der Waals surface area contributed by atoms with Crippen LogP contribution in [0.3, 0.4) is 0 Å². The van der Waals surface area contributed by atoms with E-state index in [4.69, 9.17) is 14.6 Å². The molecular weight excluding hydrogens is 557 g/mol. The molecule has 0 atom stereocenters. The molecule has 1 aliphatic heterocycles. The molecule has 0 saturated carbocycles. The maximum Gasteiger partial charge on any atom is 0.341 e. The van der Waals surface area contributed by atoms with Crippen LogP contribution < -0.4 is 9.47 Å². The molecule has 0 spiro atoms. The highest BCUT2D eigenvalue weighted by atomic mass is 127. The largest absolute Gasteiger partial charge is 0.493 e. The van der Waals surface area contributed by atoms with Crippen molar-refractivity contribution >= 4 is 68.3 Å². The summed E-state index contributed by atoms with van der Waals surface area (Å²) in [5, 5.41) is 10.7.